The SMILES string of the molecule is O=C(NCC1(C(=O)NC(Cc2cncs2)C(=O)O)CC1)OCC1c2ccccc2-c2ccccc21. The van der Waals surface area contributed by atoms with Gasteiger partial charge in [-0.05, 0) is 35.1 Å². The Hall–Kier alpha value is -3.72. The van der Waals surface area contributed by atoms with Crippen molar-refractivity contribution in [1.82, 2.24) is 15.6 Å². The molecule has 3 aromatic rings. The number of thiazole rings is 1. The minimum Gasteiger partial charge on any atom is -0.480 e. The number of hydrogen-bond acceptors (Lipinski definition) is 6. The molecule has 1 aromatic heterocycles. The molecule has 2 aliphatic carbocycles. The van der Waals surface area contributed by atoms with Crippen molar-refractivity contribution in [1.29, 1.82) is 0 Å². The number of nitrogens with one attached hydrogen (secondary N) is 2. The second-order valence-electron chi connectivity index (χ2n) is 9.00. The van der Waals surface area contributed by atoms with Gasteiger partial charge in [-0.2, -0.15) is 0 Å². The molecule has 1 atom stereocenters. The zero-order chi connectivity index (χ0) is 24.4. The zero-order valence-electron chi connectivity index (χ0n) is 18.9. The van der Waals surface area contributed by atoms with Crippen molar-refractivity contribution in [3.63, 3.8) is 0 Å². The lowest BCUT2D eigenvalue weighted by molar-refractivity contribution is -0.142. The Bertz CT molecular complexity index is 1210. The minimum atomic E-state index is -1.10. The van der Waals surface area contributed by atoms with E-state index in [0.29, 0.717) is 12.8 Å². The van der Waals surface area contributed by atoms with Crippen LogP contribution in [0.3, 0.4) is 0 Å². The lowest BCUT2D eigenvalue weighted by Gasteiger charge is -2.20. The first-order valence-electron chi connectivity index (χ1n) is 11.5. The number of fused-ring (bicyclic) bond motifs is 3. The van der Waals surface area contributed by atoms with Crippen molar-refractivity contribution in [3.05, 3.63) is 76.2 Å². The number of aromatic nitrogens is 1. The number of hydrogen-bond donors (Lipinski definition) is 3. The van der Waals surface area contributed by atoms with Crippen LogP contribution in [0.1, 0.15) is 34.8 Å². The van der Waals surface area contributed by atoms with E-state index in [1.165, 1.54) is 11.3 Å². The summed E-state index contributed by atoms with van der Waals surface area (Å²) < 4.78 is 5.55. The summed E-state index contributed by atoms with van der Waals surface area (Å²) in [5, 5.41) is 14.9. The first-order valence-corrected chi connectivity index (χ1v) is 12.3. The van der Waals surface area contributed by atoms with E-state index in [0.717, 1.165) is 27.1 Å². The molecule has 9 heteroatoms. The lowest BCUT2D eigenvalue weighted by Crippen LogP contribution is -2.48. The highest BCUT2D eigenvalue weighted by atomic mass is 32.1. The van der Waals surface area contributed by atoms with Crippen LogP contribution in [-0.4, -0.2) is 47.3 Å². The van der Waals surface area contributed by atoms with Crippen molar-refractivity contribution in [3.8, 4) is 11.1 Å². The summed E-state index contributed by atoms with van der Waals surface area (Å²) in [7, 11) is 0. The van der Waals surface area contributed by atoms with E-state index in [1.807, 2.05) is 24.3 Å². The number of carbonyl (C=O) groups excluding carboxylic acids is 2. The first kappa shape index (κ1) is 23.0. The number of aliphatic carboxylic acids is 1. The first-order chi connectivity index (χ1) is 17.0. The normalized spacial score (nSPS) is 16.0. The number of ether oxygens (including phenoxy) is 1. The molecule has 3 N–H and O–H groups in total. The third kappa shape index (κ3) is 4.77. The van der Waals surface area contributed by atoms with Crippen LogP contribution >= 0.6 is 11.3 Å². The van der Waals surface area contributed by atoms with Crippen LogP contribution in [-0.2, 0) is 20.7 Å². The molecule has 5 rings (SSSR count). The van der Waals surface area contributed by atoms with Crippen LogP contribution in [0.15, 0.2) is 60.2 Å². The maximum atomic E-state index is 12.8. The molecule has 0 bridgehead atoms. The van der Waals surface area contributed by atoms with E-state index in [4.69, 9.17) is 4.74 Å². The standard InChI is InChI=1S/C26H25N3O5S/c30-23(31)22(11-16-12-27-15-35-16)29-24(32)26(9-10-26)14-28-25(33)34-13-21-19-7-3-1-5-17(19)18-6-2-4-8-20(18)21/h1-8,12,15,21-22H,9-11,13-14H2,(H,28,33)(H,29,32)(H,30,31). The summed E-state index contributed by atoms with van der Waals surface area (Å²) >= 11 is 1.34. The predicted octanol–water partition coefficient (Wildman–Crippen LogP) is 3.57. The summed E-state index contributed by atoms with van der Waals surface area (Å²) in [6, 6.07) is 15.2. The molecule has 8 nitrogen and oxygen atoms in total. The van der Waals surface area contributed by atoms with E-state index < -0.39 is 23.5 Å². The average molecular weight is 492 g/mol. The fourth-order valence-corrected chi connectivity index (χ4v) is 5.22. The predicted molar refractivity (Wildman–Crippen MR) is 130 cm³/mol. The molecular formula is C26H25N3O5S. The third-order valence-corrected chi connectivity index (χ3v) is 7.54. The number of rotatable bonds is 9. The van der Waals surface area contributed by atoms with Crippen molar-refractivity contribution >= 4 is 29.3 Å². The Morgan fingerprint density at radius 1 is 1.09 bits per heavy atom. The molecule has 1 heterocycles. The summed E-state index contributed by atoms with van der Waals surface area (Å²) in [6.07, 6.45) is 2.33. The van der Waals surface area contributed by atoms with Crippen LogP contribution in [0.5, 0.6) is 0 Å². The number of carboxylic acids is 1. The fraction of sp³-hybridized carbons (Fsp3) is 0.308. The van der Waals surface area contributed by atoms with Crippen molar-refractivity contribution < 1.29 is 24.2 Å². The molecule has 2 aromatic carbocycles. The molecule has 0 saturated heterocycles. The molecular weight excluding hydrogens is 466 g/mol. The largest absolute Gasteiger partial charge is 0.480 e. The fourth-order valence-electron chi connectivity index (χ4n) is 4.58. The second-order valence-corrected chi connectivity index (χ2v) is 9.97. The summed E-state index contributed by atoms with van der Waals surface area (Å²) in [4.78, 5) is 41.7. The van der Waals surface area contributed by atoms with Crippen LogP contribution < -0.4 is 10.6 Å². The van der Waals surface area contributed by atoms with Crippen molar-refractivity contribution in [2.75, 3.05) is 13.2 Å². The van der Waals surface area contributed by atoms with Gasteiger partial charge in [0.15, 0.2) is 0 Å². The Kier molecular flexibility index (Phi) is 6.25. The van der Waals surface area contributed by atoms with Crippen LogP contribution in [0.25, 0.3) is 11.1 Å². The summed E-state index contributed by atoms with van der Waals surface area (Å²) in [5.41, 5.74) is 5.37. The van der Waals surface area contributed by atoms with Crippen molar-refractivity contribution in [2.45, 2.75) is 31.2 Å². The average Bonchev–Trinajstić information content (AvgIpc) is 3.36. The molecule has 1 saturated carbocycles. The van der Waals surface area contributed by atoms with Crippen LogP contribution in [0.4, 0.5) is 4.79 Å². The third-order valence-electron chi connectivity index (χ3n) is 6.74. The molecule has 0 radical (unpaired) electrons. The second kappa shape index (κ2) is 9.50. The summed E-state index contributed by atoms with van der Waals surface area (Å²) in [5.74, 6) is -1.52. The molecule has 35 heavy (non-hydrogen) atoms. The number of alkyl carbamates (subject to hydrolysis) is 1. The number of benzene rings is 2. The molecule has 0 aliphatic heterocycles. The molecule has 2 amide bonds. The smallest absolute Gasteiger partial charge is 0.407 e. The molecule has 180 valence electrons. The monoisotopic (exact) mass is 491 g/mol. The Morgan fingerprint density at radius 2 is 1.74 bits per heavy atom. The topological polar surface area (TPSA) is 118 Å². The molecule has 2 aliphatic rings. The molecule has 1 fully saturated rings. The maximum Gasteiger partial charge on any atom is 0.407 e. The number of carbonyl (C=O) groups is 3. The van der Waals surface area contributed by atoms with Gasteiger partial charge >= 0.3 is 12.1 Å². The van der Waals surface area contributed by atoms with Crippen LogP contribution in [0, 0.1) is 5.41 Å². The van der Waals surface area contributed by atoms with Gasteiger partial charge in [-0.1, -0.05) is 48.5 Å². The number of amides is 2. The highest BCUT2D eigenvalue weighted by Gasteiger charge is 2.51. The van der Waals surface area contributed by atoms with Gasteiger partial charge < -0.3 is 20.5 Å². The number of nitrogens with zero attached hydrogens (tertiary/aromatic N) is 1. The van der Waals surface area contributed by atoms with Gasteiger partial charge in [-0.25, -0.2) is 9.59 Å². The highest BCUT2D eigenvalue weighted by molar-refractivity contribution is 7.09. The Balaban J connectivity index is 1.16. The van der Waals surface area contributed by atoms with Gasteiger partial charge in [-0.3, -0.25) is 9.78 Å². The van der Waals surface area contributed by atoms with E-state index in [2.05, 4.69) is 39.9 Å². The molecule has 1 unspecified atom stereocenters. The Labute approximate surface area is 206 Å². The van der Waals surface area contributed by atoms with Gasteiger partial charge in [0.2, 0.25) is 5.91 Å². The Morgan fingerprint density at radius 3 is 2.31 bits per heavy atom. The van der Waals surface area contributed by atoms with Gasteiger partial charge in [0.05, 0.1) is 10.9 Å². The van der Waals surface area contributed by atoms with Crippen molar-refractivity contribution in [2.24, 2.45) is 5.41 Å². The quantitative estimate of drug-likeness (QED) is 0.421. The van der Waals surface area contributed by atoms with E-state index >= 15 is 0 Å². The maximum absolute atomic E-state index is 12.8. The van der Waals surface area contributed by atoms with Gasteiger partial charge in [0.25, 0.3) is 0 Å². The van der Waals surface area contributed by atoms with E-state index in [9.17, 15) is 19.5 Å². The van der Waals surface area contributed by atoms with Gasteiger partial charge in [-0.15, -0.1) is 11.3 Å². The van der Waals surface area contributed by atoms with E-state index in [-0.39, 0.29) is 31.4 Å². The van der Waals surface area contributed by atoms with Crippen LogP contribution in [0.2, 0.25) is 0 Å². The molecule has 0 spiro atoms. The number of carboxylic acid groups (broad SMARTS) is 1. The minimum absolute atomic E-state index is 0.0469. The van der Waals surface area contributed by atoms with E-state index in [1.54, 1.807) is 11.7 Å². The zero-order valence-corrected chi connectivity index (χ0v) is 19.7. The van der Waals surface area contributed by atoms with Gasteiger partial charge in [0, 0.05) is 30.0 Å². The van der Waals surface area contributed by atoms with Gasteiger partial charge in [0.1, 0.15) is 12.6 Å². The highest BCUT2D eigenvalue weighted by Crippen LogP contribution is 2.46. The summed E-state index contributed by atoms with van der Waals surface area (Å²) in [6.45, 7) is 0.289. The lowest BCUT2D eigenvalue weighted by atomic mass is 9.98.